The molecule has 1 atom stereocenters. The van der Waals surface area contributed by atoms with Crippen molar-refractivity contribution >= 4 is 17.3 Å². The molecule has 0 saturated carbocycles. The normalized spacial score (nSPS) is 19.6. The fourth-order valence-corrected chi connectivity index (χ4v) is 3.21. The van der Waals surface area contributed by atoms with Gasteiger partial charge in [0.25, 0.3) is 0 Å². The highest BCUT2D eigenvalue weighted by Crippen LogP contribution is 2.31. The average molecular weight is 253 g/mol. The maximum Gasteiger partial charge on any atom is 0.0644 e. The van der Waals surface area contributed by atoms with Crippen LogP contribution in [0, 0.1) is 19.8 Å². The smallest absolute Gasteiger partial charge is 0.0644 e. The summed E-state index contributed by atoms with van der Waals surface area (Å²) in [7, 11) is 2.14. The van der Waals surface area contributed by atoms with E-state index in [2.05, 4.69) is 37.2 Å². The van der Waals surface area contributed by atoms with Gasteiger partial charge in [0.05, 0.1) is 10.7 Å². The Labute approximate surface area is 109 Å². The first-order chi connectivity index (χ1) is 8.08. The molecular formula is C14H21ClN2. The zero-order chi connectivity index (χ0) is 12.4. The van der Waals surface area contributed by atoms with E-state index in [0.717, 1.165) is 30.6 Å². The van der Waals surface area contributed by atoms with E-state index in [4.69, 9.17) is 11.6 Å². The molecule has 1 aromatic rings. The molecule has 1 aliphatic rings. The van der Waals surface area contributed by atoms with E-state index in [1.165, 1.54) is 23.2 Å². The Morgan fingerprint density at radius 3 is 2.76 bits per heavy atom. The van der Waals surface area contributed by atoms with Crippen molar-refractivity contribution in [1.82, 2.24) is 5.32 Å². The highest BCUT2D eigenvalue weighted by Gasteiger charge is 2.18. The lowest BCUT2D eigenvalue weighted by Gasteiger charge is -2.26. The first kappa shape index (κ1) is 12.7. The Bertz CT molecular complexity index is 374. The number of anilines is 1. The van der Waals surface area contributed by atoms with Gasteiger partial charge in [-0.1, -0.05) is 17.7 Å². The molecule has 1 saturated heterocycles. The molecule has 94 valence electrons. The number of halogens is 1. The Morgan fingerprint density at radius 2 is 2.18 bits per heavy atom. The van der Waals surface area contributed by atoms with E-state index in [-0.39, 0.29) is 0 Å². The van der Waals surface area contributed by atoms with Gasteiger partial charge in [0.15, 0.2) is 0 Å². The van der Waals surface area contributed by atoms with Gasteiger partial charge >= 0.3 is 0 Å². The standard InChI is InChI=1S/C14H21ClN2/c1-10-6-11(2)14(13(15)7-10)17(3)9-12-4-5-16-8-12/h6-7,12,16H,4-5,8-9H2,1-3H3. The van der Waals surface area contributed by atoms with E-state index >= 15 is 0 Å². The minimum absolute atomic E-state index is 0.747. The van der Waals surface area contributed by atoms with Crippen molar-refractivity contribution in [3.05, 3.63) is 28.3 Å². The van der Waals surface area contributed by atoms with Gasteiger partial charge in [0, 0.05) is 13.6 Å². The van der Waals surface area contributed by atoms with Crippen LogP contribution in [0.2, 0.25) is 5.02 Å². The molecule has 3 heteroatoms. The Morgan fingerprint density at radius 1 is 1.41 bits per heavy atom. The lowest BCUT2D eigenvalue weighted by molar-refractivity contribution is 0.578. The predicted octanol–water partition coefficient (Wildman–Crippen LogP) is 3.00. The number of hydrogen-bond donors (Lipinski definition) is 1. The van der Waals surface area contributed by atoms with Crippen LogP contribution in [0.15, 0.2) is 12.1 Å². The molecule has 1 heterocycles. The molecule has 1 N–H and O–H groups in total. The second-order valence-electron chi connectivity index (χ2n) is 5.15. The highest BCUT2D eigenvalue weighted by molar-refractivity contribution is 6.33. The first-order valence-electron chi connectivity index (χ1n) is 6.26. The summed E-state index contributed by atoms with van der Waals surface area (Å²) in [6, 6.07) is 4.25. The third kappa shape index (κ3) is 2.93. The van der Waals surface area contributed by atoms with E-state index < -0.39 is 0 Å². The molecule has 0 aliphatic carbocycles. The molecular weight excluding hydrogens is 232 g/mol. The van der Waals surface area contributed by atoms with E-state index in [1.54, 1.807) is 0 Å². The summed E-state index contributed by atoms with van der Waals surface area (Å²) in [4.78, 5) is 2.30. The van der Waals surface area contributed by atoms with Crippen LogP contribution in [0.3, 0.4) is 0 Å². The lowest BCUT2D eigenvalue weighted by Crippen LogP contribution is -2.27. The fourth-order valence-electron chi connectivity index (χ4n) is 2.74. The molecule has 0 bridgehead atoms. The molecule has 0 aromatic heterocycles. The van der Waals surface area contributed by atoms with E-state index in [9.17, 15) is 0 Å². The topological polar surface area (TPSA) is 15.3 Å². The molecule has 2 nitrogen and oxygen atoms in total. The van der Waals surface area contributed by atoms with Crippen molar-refractivity contribution in [1.29, 1.82) is 0 Å². The van der Waals surface area contributed by atoms with Gasteiger partial charge in [-0.3, -0.25) is 0 Å². The van der Waals surface area contributed by atoms with Gasteiger partial charge < -0.3 is 10.2 Å². The Kier molecular flexibility index (Phi) is 3.95. The number of rotatable bonds is 3. The van der Waals surface area contributed by atoms with Crippen LogP contribution in [0.1, 0.15) is 17.5 Å². The largest absolute Gasteiger partial charge is 0.373 e. The zero-order valence-electron chi connectivity index (χ0n) is 10.9. The molecule has 1 aromatic carbocycles. The summed E-state index contributed by atoms with van der Waals surface area (Å²) >= 11 is 6.36. The third-order valence-corrected chi connectivity index (χ3v) is 3.76. The van der Waals surface area contributed by atoms with Crippen LogP contribution >= 0.6 is 11.6 Å². The molecule has 0 amide bonds. The summed E-state index contributed by atoms with van der Waals surface area (Å²) in [5.74, 6) is 0.747. The highest BCUT2D eigenvalue weighted by atomic mass is 35.5. The Balaban J connectivity index is 2.15. The van der Waals surface area contributed by atoms with Crippen LogP contribution in [-0.4, -0.2) is 26.7 Å². The number of nitrogens with one attached hydrogen (secondary N) is 1. The molecule has 17 heavy (non-hydrogen) atoms. The van der Waals surface area contributed by atoms with Crippen LogP contribution in [-0.2, 0) is 0 Å². The second kappa shape index (κ2) is 5.28. The maximum absolute atomic E-state index is 6.36. The summed E-state index contributed by atoms with van der Waals surface area (Å²) in [6.07, 6.45) is 1.27. The van der Waals surface area contributed by atoms with Crippen LogP contribution < -0.4 is 10.2 Å². The number of nitrogens with zero attached hydrogens (tertiary/aromatic N) is 1. The van der Waals surface area contributed by atoms with Gasteiger partial charge in [-0.25, -0.2) is 0 Å². The van der Waals surface area contributed by atoms with Crippen molar-refractivity contribution in [3.8, 4) is 0 Å². The maximum atomic E-state index is 6.36. The lowest BCUT2D eigenvalue weighted by atomic mass is 10.1. The quantitative estimate of drug-likeness (QED) is 0.890. The minimum atomic E-state index is 0.747. The monoisotopic (exact) mass is 252 g/mol. The number of benzene rings is 1. The minimum Gasteiger partial charge on any atom is -0.373 e. The molecule has 2 rings (SSSR count). The molecule has 1 aliphatic heterocycles. The predicted molar refractivity (Wildman–Crippen MR) is 75.2 cm³/mol. The zero-order valence-corrected chi connectivity index (χ0v) is 11.6. The van der Waals surface area contributed by atoms with Gasteiger partial charge in [-0.05, 0) is 56.5 Å². The average Bonchev–Trinajstić information content (AvgIpc) is 2.68. The molecule has 1 fully saturated rings. The summed E-state index contributed by atoms with van der Waals surface area (Å²) < 4.78 is 0. The summed E-state index contributed by atoms with van der Waals surface area (Å²) in [6.45, 7) is 7.59. The second-order valence-corrected chi connectivity index (χ2v) is 5.56. The SMILES string of the molecule is Cc1cc(C)c(N(C)CC2CCNC2)c(Cl)c1. The van der Waals surface area contributed by atoms with Gasteiger partial charge in [-0.15, -0.1) is 0 Å². The van der Waals surface area contributed by atoms with Crippen molar-refractivity contribution < 1.29 is 0 Å². The van der Waals surface area contributed by atoms with Crippen LogP contribution in [0.4, 0.5) is 5.69 Å². The number of hydrogen-bond acceptors (Lipinski definition) is 2. The van der Waals surface area contributed by atoms with Crippen molar-refractivity contribution in [3.63, 3.8) is 0 Å². The molecule has 0 spiro atoms. The summed E-state index contributed by atoms with van der Waals surface area (Å²) in [5.41, 5.74) is 3.68. The molecule has 0 radical (unpaired) electrons. The van der Waals surface area contributed by atoms with Crippen molar-refractivity contribution in [2.75, 3.05) is 31.6 Å². The fraction of sp³-hybridized carbons (Fsp3) is 0.571. The third-order valence-electron chi connectivity index (χ3n) is 3.47. The van der Waals surface area contributed by atoms with E-state index in [0.29, 0.717) is 0 Å². The van der Waals surface area contributed by atoms with E-state index in [1.807, 2.05) is 6.07 Å². The van der Waals surface area contributed by atoms with Crippen LogP contribution in [0.25, 0.3) is 0 Å². The molecule has 1 unspecified atom stereocenters. The number of aryl methyl sites for hydroxylation is 2. The van der Waals surface area contributed by atoms with Crippen molar-refractivity contribution in [2.24, 2.45) is 5.92 Å². The Hall–Kier alpha value is -0.730. The van der Waals surface area contributed by atoms with Gasteiger partial charge in [-0.2, -0.15) is 0 Å². The van der Waals surface area contributed by atoms with Crippen LogP contribution in [0.5, 0.6) is 0 Å². The summed E-state index contributed by atoms with van der Waals surface area (Å²) in [5, 5.41) is 4.28. The van der Waals surface area contributed by atoms with Gasteiger partial charge in [0.2, 0.25) is 0 Å². The van der Waals surface area contributed by atoms with Gasteiger partial charge in [0.1, 0.15) is 0 Å². The van der Waals surface area contributed by atoms with Crippen molar-refractivity contribution in [2.45, 2.75) is 20.3 Å². The first-order valence-corrected chi connectivity index (χ1v) is 6.64.